The average molecular weight is 529 g/mol. The number of carbonyl (C=O) groups is 1. The van der Waals surface area contributed by atoms with Gasteiger partial charge in [-0.25, -0.2) is 4.79 Å². The minimum atomic E-state index is -5.34. The summed E-state index contributed by atoms with van der Waals surface area (Å²) in [6.07, 6.45) is -2.19. The zero-order chi connectivity index (χ0) is 27.9. The van der Waals surface area contributed by atoms with Crippen LogP contribution in [0.15, 0.2) is 68.9 Å². The highest BCUT2D eigenvalue weighted by Crippen LogP contribution is 2.48. The van der Waals surface area contributed by atoms with Gasteiger partial charge in [0.15, 0.2) is 5.54 Å². The third kappa shape index (κ3) is 4.32. The first-order chi connectivity index (χ1) is 17.8. The summed E-state index contributed by atoms with van der Waals surface area (Å²) in [7, 11) is 1.39. The molecular weight excluding hydrogens is 501 g/mol. The molecule has 2 atom stereocenters. The fraction of sp³-hybridized carbons (Fsp3) is 0.357. The third-order valence-electron chi connectivity index (χ3n) is 6.99. The van der Waals surface area contributed by atoms with Crippen LogP contribution in [0.25, 0.3) is 10.8 Å². The van der Waals surface area contributed by atoms with Crippen molar-refractivity contribution in [2.45, 2.75) is 56.3 Å². The molecule has 3 aromatic rings. The van der Waals surface area contributed by atoms with Gasteiger partial charge < -0.3 is 14.4 Å². The number of Topliss-reactive ketones (excluding diaryl/α,β-unsaturated/α-hetero) is 1. The second-order valence-electron chi connectivity index (χ2n) is 9.88. The minimum Gasteiger partial charge on any atom is -0.496 e. The standard InChI is InChI=1S/C28H27F3N2O5/c1-5-21-19-15-17(11-12-18(19)23(34)38-33-21)26(13-8-14-32-26)24(35)27(36,28(29,30)31)16-25(2,3)20-9-6-7-10-22(20)37-4/h6-15,36H,5,16H2,1-4H3. The van der Waals surface area contributed by atoms with E-state index in [0.29, 0.717) is 28.8 Å². The lowest BCUT2D eigenvalue weighted by Gasteiger charge is -2.40. The predicted molar refractivity (Wildman–Crippen MR) is 136 cm³/mol. The molecular formula is C28H27F3N2O5. The molecule has 0 aliphatic carbocycles. The Hall–Kier alpha value is -3.79. The second-order valence-corrected chi connectivity index (χ2v) is 9.88. The lowest BCUT2D eigenvalue weighted by atomic mass is 9.68. The molecule has 0 spiro atoms. The molecule has 0 amide bonds. The molecule has 0 saturated carbocycles. The number of ether oxygens (including phenoxy) is 1. The van der Waals surface area contributed by atoms with Gasteiger partial charge in [0.25, 0.3) is 0 Å². The Labute approximate surface area is 216 Å². The Morgan fingerprint density at radius 2 is 1.84 bits per heavy atom. The van der Waals surface area contributed by atoms with E-state index in [4.69, 9.17) is 9.26 Å². The Kier molecular flexibility index (Phi) is 6.82. The highest BCUT2D eigenvalue weighted by atomic mass is 19.4. The lowest BCUT2D eigenvalue weighted by molar-refractivity contribution is -0.258. The lowest BCUT2D eigenvalue weighted by Crippen LogP contribution is -2.60. The number of alkyl halides is 3. The van der Waals surface area contributed by atoms with Crippen LogP contribution in [0.2, 0.25) is 0 Å². The summed E-state index contributed by atoms with van der Waals surface area (Å²) in [5.41, 5.74) is -7.20. The molecule has 0 radical (unpaired) electrons. The SMILES string of the molecule is CCc1noc(=O)c2ccc(C3(C(=O)C(O)(CC(C)(C)c4ccccc4OC)C(F)(F)F)C=CC=N3)cc12. The van der Waals surface area contributed by atoms with Crippen molar-refractivity contribution in [2.75, 3.05) is 7.11 Å². The van der Waals surface area contributed by atoms with Gasteiger partial charge in [0.05, 0.1) is 18.2 Å². The van der Waals surface area contributed by atoms with Gasteiger partial charge in [-0.15, -0.1) is 0 Å². The van der Waals surface area contributed by atoms with Crippen molar-refractivity contribution < 1.29 is 32.3 Å². The molecule has 1 aliphatic rings. The quantitative estimate of drug-likeness (QED) is 0.450. The molecule has 2 heterocycles. The van der Waals surface area contributed by atoms with Gasteiger partial charge in [0, 0.05) is 18.0 Å². The number of fused-ring (bicyclic) bond motifs is 1. The van der Waals surface area contributed by atoms with E-state index in [1.165, 1.54) is 57.5 Å². The fourth-order valence-corrected chi connectivity index (χ4v) is 5.03. The maximum absolute atomic E-state index is 14.7. The zero-order valence-corrected chi connectivity index (χ0v) is 21.3. The Morgan fingerprint density at radius 3 is 2.45 bits per heavy atom. The Morgan fingerprint density at radius 1 is 1.13 bits per heavy atom. The van der Waals surface area contributed by atoms with E-state index in [1.807, 2.05) is 0 Å². The monoisotopic (exact) mass is 528 g/mol. The first-order valence-corrected chi connectivity index (χ1v) is 11.9. The van der Waals surface area contributed by atoms with Crippen LogP contribution in [-0.2, 0) is 22.2 Å². The van der Waals surface area contributed by atoms with E-state index in [1.54, 1.807) is 31.2 Å². The van der Waals surface area contributed by atoms with Gasteiger partial charge in [-0.05, 0) is 53.3 Å². The number of para-hydroxylation sites is 1. The molecule has 10 heteroatoms. The number of aliphatic imine (C=N–C) groups is 1. The first-order valence-electron chi connectivity index (χ1n) is 11.9. The van der Waals surface area contributed by atoms with Gasteiger partial charge in [0.1, 0.15) is 5.75 Å². The number of aryl methyl sites for hydroxylation is 1. The smallest absolute Gasteiger partial charge is 0.424 e. The van der Waals surface area contributed by atoms with E-state index in [9.17, 15) is 27.9 Å². The molecule has 1 N–H and O–H groups in total. The molecule has 0 bridgehead atoms. The van der Waals surface area contributed by atoms with Gasteiger partial charge in [-0.2, -0.15) is 13.2 Å². The summed E-state index contributed by atoms with van der Waals surface area (Å²) >= 11 is 0. The van der Waals surface area contributed by atoms with Crippen molar-refractivity contribution in [1.82, 2.24) is 5.16 Å². The number of methoxy groups -OCH3 is 1. The van der Waals surface area contributed by atoms with Gasteiger partial charge >= 0.3 is 11.8 Å². The van der Waals surface area contributed by atoms with E-state index in [2.05, 4.69) is 10.1 Å². The zero-order valence-electron chi connectivity index (χ0n) is 21.3. The van der Waals surface area contributed by atoms with Crippen LogP contribution in [0, 0.1) is 0 Å². The van der Waals surface area contributed by atoms with Crippen molar-refractivity contribution in [3.8, 4) is 5.75 Å². The Bertz CT molecular complexity index is 1490. The first kappa shape index (κ1) is 27.3. The van der Waals surface area contributed by atoms with Crippen molar-refractivity contribution >= 4 is 22.8 Å². The summed E-state index contributed by atoms with van der Waals surface area (Å²) in [6, 6.07) is 10.6. The summed E-state index contributed by atoms with van der Waals surface area (Å²) < 4.78 is 54.2. The number of aromatic nitrogens is 1. The molecule has 200 valence electrons. The van der Waals surface area contributed by atoms with Crippen LogP contribution in [0.3, 0.4) is 0 Å². The van der Waals surface area contributed by atoms with Crippen LogP contribution in [0.5, 0.6) is 5.75 Å². The molecule has 0 saturated heterocycles. The number of benzene rings is 2. The maximum atomic E-state index is 14.7. The molecule has 2 unspecified atom stereocenters. The normalized spacial score (nSPS) is 19.1. The number of nitrogens with zero attached hydrogens (tertiary/aromatic N) is 2. The number of halogens is 3. The largest absolute Gasteiger partial charge is 0.496 e. The topological polar surface area (TPSA) is 102 Å². The number of carbonyl (C=O) groups excluding carboxylic acids is 1. The van der Waals surface area contributed by atoms with Crippen molar-refractivity contribution in [1.29, 1.82) is 0 Å². The van der Waals surface area contributed by atoms with Crippen molar-refractivity contribution in [2.24, 2.45) is 4.99 Å². The summed E-state index contributed by atoms with van der Waals surface area (Å²) in [5.74, 6) is -1.23. The summed E-state index contributed by atoms with van der Waals surface area (Å²) in [4.78, 5) is 30.3. The molecule has 0 fully saturated rings. The number of hydrogen-bond donors (Lipinski definition) is 1. The number of ketones is 1. The second kappa shape index (κ2) is 9.50. The molecule has 1 aromatic heterocycles. The molecule has 4 rings (SSSR count). The highest BCUT2D eigenvalue weighted by Gasteiger charge is 2.65. The number of aliphatic hydroxyl groups is 1. The molecule has 38 heavy (non-hydrogen) atoms. The van der Waals surface area contributed by atoms with Gasteiger partial charge in [-0.1, -0.05) is 50.2 Å². The molecule has 7 nitrogen and oxygen atoms in total. The van der Waals surface area contributed by atoms with Gasteiger partial charge in [0.2, 0.25) is 11.4 Å². The van der Waals surface area contributed by atoms with E-state index < -0.39 is 40.6 Å². The van der Waals surface area contributed by atoms with Crippen LogP contribution in [-0.4, -0.2) is 41.1 Å². The van der Waals surface area contributed by atoms with Crippen LogP contribution < -0.4 is 10.4 Å². The van der Waals surface area contributed by atoms with Crippen LogP contribution in [0.4, 0.5) is 13.2 Å². The minimum absolute atomic E-state index is 0.0554. The Balaban J connectivity index is 1.89. The highest BCUT2D eigenvalue weighted by molar-refractivity contribution is 6.03. The number of allylic oxidation sites excluding steroid dienone is 1. The molecule has 1 aliphatic heterocycles. The third-order valence-corrected chi connectivity index (χ3v) is 6.99. The van der Waals surface area contributed by atoms with E-state index >= 15 is 0 Å². The summed E-state index contributed by atoms with van der Waals surface area (Å²) in [5, 5.41) is 15.6. The number of hydrogen-bond acceptors (Lipinski definition) is 7. The van der Waals surface area contributed by atoms with Crippen molar-refractivity contribution in [3.05, 3.63) is 81.9 Å². The van der Waals surface area contributed by atoms with Gasteiger partial charge in [-0.3, -0.25) is 9.79 Å². The van der Waals surface area contributed by atoms with E-state index in [0.717, 1.165) is 0 Å². The fourth-order valence-electron chi connectivity index (χ4n) is 5.03. The van der Waals surface area contributed by atoms with Crippen LogP contribution >= 0.6 is 0 Å². The van der Waals surface area contributed by atoms with Crippen molar-refractivity contribution in [3.63, 3.8) is 0 Å². The number of rotatable bonds is 8. The average Bonchev–Trinajstić information content (AvgIpc) is 3.38. The molecule has 2 aromatic carbocycles. The van der Waals surface area contributed by atoms with Crippen LogP contribution in [0.1, 0.15) is 44.0 Å². The van der Waals surface area contributed by atoms with E-state index in [-0.39, 0.29) is 10.9 Å². The predicted octanol–water partition coefficient (Wildman–Crippen LogP) is 4.83. The maximum Gasteiger partial charge on any atom is 0.424 e. The summed E-state index contributed by atoms with van der Waals surface area (Å²) in [6.45, 7) is 4.78.